The van der Waals surface area contributed by atoms with E-state index in [1.54, 1.807) is 12.4 Å². The van der Waals surface area contributed by atoms with E-state index in [-0.39, 0.29) is 0 Å². The third-order valence-corrected chi connectivity index (χ3v) is 4.53. The summed E-state index contributed by atoms with van der Waals surface area (Å²) in [7, 11) is 1.99. The Labute approximate surface area is 155 Å². The van der Waals surface area contributed by atoms with Crippen LogP contribution in [0.25, 0.3) is 33.3 Å². The number of nitrogens with zero attached hydrogens (tertiary/aromatic N) is 5. The maximum Gasteiger partial charge on any atom is 0.162 e. The molecule has 3 aromatic heterocycles. The normalized spacial score (nSPS) is 11.1. The number of nitrogens with one attached hydrogen (secondary N) is 1. The Hall–Kier alpha value is -3.80. The molecule has 0 atom stereocenters. The maximum atomic E-state index is 4.78. The van der Waals surface area contributed by atoms with Crippen molar-refractivity contribution in [3.8, 4) is 11.4 Å². The summed E-state index contributed by atoms with van der Waals surface area (Å²) in [5.74, 6) is 1.44. The fourth-order valence-electron chi connectivity index (χ4n) is 3.14. The van der Waals surface area contributed by atoms with Crippen LogP contribution in [-0.4, -0.2) is 24.5 Å². The van der Waals surface area contributed by atoms with E-state index in [1.165, 1.54) is 0 Å². The SMILES string of the molecule is Cn1cnc2ccc(Nc3nc(-c4ccncc4)nc4ccccc34)cc21. The smallest absolute Gasteiger partial charge is 0.162 e. The Balaban J connectivity index is 1.65. The molecule has 0 saturated carbocycles. The standard InChI is InChI=1S/C21H16N6/c1-27-13-23-18-7-6-15(12-19(18)27)24-21-16-4-2-3-5-17(16)25-20(26-21)14-8-10-22-11-9-14/h2-13H,1H3,(H,24,25,26). The summed E-state index contributed by atoms with van der Waals surface area (Å²) in [6.07, 6.45) is 5.31. The van der Waals surface area contributed by atoms with Crippen molar-refractivity contribution in [3.63, 3.8) is 0 Å². The molecule has 6 nitrogen and oxygen atoms in total. The van der Waals surface area contributed by atoms with E-state index in [4.69, 9.17) is 9.97 Å². The molecular weight excluding hydrogens is 336 g/mol. The van der Waals surface area contributed by atoms with Crippen molar-refractivity contribution in [3.05, 3.63) is 73.3 Å². The van der Waals surface area contributed by atoms with Gasteiger partial charge in [-0.2, -0.15) is 0 Å². The molecule has 6 heteroatoms. The number of hydrogen-bond acceptors (Lipinski definition) is 5. The van der Waals surface area contributed by atoms with Crippen LogP contribution in [0.1, 0.15) is 0 Å². The van der Waals surface area contributed by atoms with Crippen LogP contribution in [0.2, 0.25) is 0 Å². The average molecular weight is 352 g/mol. The zero-order valence-electron chi connectivity index (χ0n) is 14.7. The molecule has 5 aromatic rings. The van der Waals surface area contributed by atoms with Gasteiger partial charge in [-0.3, -0.25) is 4.98 Å². The van der Waals surface area contributed by atoms with Gasteiger partial charge in [-0.05, 0) is 42.5 Å². The van der Waals surface area contributed by atoms with Crippen LogP contribution in [0.15, 0.2) is 73.3 Å². The van der Waals surface area contributed by atoms with Gasteiger partial charge in [0, 0.05) is 36.1 Å². The van der Waals surface area contributed by atoms with Crippen LogP contribution in [0.3, 0.4) is 0 Å². The van der Waals surface area contributed by atoms with E-state index in [0.717, 1.165) is 39.0 Å². The summed E-state index contributed by atoms with van der Waals surface area (Å²) in [5, 5.41) is 4.43. The van der Waals surface area contributed by atoms with E-state index >= 15 is 0 Å². The van der Waals surface area contributed by atoms with E-state index in [9.17, 15) is 0 Å². The molecular formula is C21H16N6. The van der Waals surface area contributed by atoms with Crippen molar-refractivity contribution in [2.45, 2.75) is 0 Å². The van der Waals surface area contributed by atoms with Gasteiger partial charge in [-0.25, -0.2) is 15.0 Å². The van der Waals surface area contributed by atoms with Gasteiger partial charge in [0.05, 0.1) is 22.9 Å². The van der Waals surface area contributed by atoms with Crippen molar-refractivity contribution < 1.29 is 0 Å². The number of rotatable bonds is 3. The largest absolute Gasteiger partial charge is 0.340 e. The molecule has 5 rings (SSSR count). The molecule has 3 heterocycles. The lowest BCUT2D eigenvalue weighted by atomic mass is 10.2. The molecule has 130 valence electrons. The number of anilines is 2. The quantitative estimate of drug-likeness (QED) is 0.524. The van der Waals surface area contributed by atoms with Gasteiger partial charge in [-0.15, -0.1) is 0 Å². The van der Waals surface area contributed by atoms with Crippen molar-refractivity contribution >= 4 is 33.4 Å². The zero-order chi connectivity index (χ0) is 18.2. The number of aromatic nitrogens is 5. The van der Waals surface area contributed by atoms with E-state index < -0.39 is 0 Å². The van der Waals surface area contributed by atoms with Crippen LogP contribution >= 0.6 is 0 Å². The second-order valence-electron chi connectivity index (χ2n) is 6.33. The molecule has 0 radical (unpaired) electrons. The minimum atomic E-state index is 0.667. The fourth-order valence-corrected chi connectivity index (χ4v) is 3.14. The molecule has 0 aliphatic rings. The highest BCUT2D eigenvalue weighted by atomic mass is 15.0. The summed E-state index contributed by atoms with van der Waals surface area (Å²) in [6, 6.07) is 17.9. The monoisotopic (exact) mass is 352 g/mol. The number of hydrogen-bond donors (Lipinski definition) is 1. The van der Waals surface area contributed by atoms with Gasteiger partial charge < -0.3 is 9.88 Å². The van der Waals surface area contributed by atoms with Crippen molar-refractivity contribution in [1.29, 1.82) is 0 Å². The van der Waals surface area contributed by atoms with E-state index in [1.807, 2.05) is 66.5 Å². The molecule has 0 amide bonds. The van der Waals surface area contributed by atoms with Gasteiger partial charge in [0.25, 0.3) is 0 Å². The molecule has 0 bridgehead atoms. The molecule has 1 N–H and O–H groups in total. The van der Waals surface area contributed by atoms with E-state index in [0.29, 0.717) is 5.82 Å². The van der Waals surface area contributed by atoms with Crippen molar-refractivity contribution in [2.24, 2.45) is 7.05 Å². The first-order valence-electron chi connectivity index (χ1n) is 8.63. The highest BCUT2D eigenvalue weighted by Crippen LogP contribution is 2.28. The minimum absolute atomic E-state index is 0.667. The molecule has 27 heavy (non-hydrogen) atoms. The molecule has 0 saturated heterocycles. The molecule has 0 aliphatic heterocycles. The third kappa shape index (κ3) is 2.77. The maximum absolute atomic E-state index is 4.78. The van der Waals surface area contributed by atoms with Crippen LogP contribution in [0.4, 0.5) is 11.5 Å². The lowest BCUT2D eigenvalue weighted by Crippen LogP contribution is -1.99. The second kappa shape index (κ2) is 6.17. The number of fused-ring (bicyclic) bond motifs is 2. The van der Waals surface area contributed by atoms with Crippen LogP contribution in [0.5, 0.6) is 0 Å². The number of aryl methyl sites for hydroxylation is 1. The van der Waals surface area contributed by atoms with Crippen LogP contribution < -0.4 is 5.32 Å². The first-order valence-corrected chi connectivity index (χ1v) is 8.63. The summed E-state index contributed by atoms with van der Waals surface area (Å²) >= 11 is 0. The Kier molecular flexibility index (Phi) is 3.53. The summed E-state index contributed by atoms with van der Waals surface area (Å²) in [4.78, 5) is 17.9. The zero-order valence-corrected chi connectivity index (χ0v) is 14.7. The minimum Gasteiger partial charge on any atom is -0.340 e. The molecule has 2 aromatic carbocycles. The summed E-state index contributed by atoms with van der Waals surface area (Å²) in [6.45, 7) is 0. The average Bonchev–Trinajstić information content (AvgIpc) is 3.09. The van der Waals surface area contributed by atoms with Gasteiger partial charge in [0.15, 0.2) is 5.82 Å². The number of benzene rings is 2. The Morgan fingerprint density at radius 1 is 0.889 bits per heavy atom. The number of pyridine rings is 1. The molecule has 0 fully saturated rings. The predicted molar refractivity (Wildman–Crippen MR) is 107 cm³/mol. The number of para-hydroxylation sites is 1. The van der Waals surface area contributed by atoms with Gasteiger partial charge in [0.1, 0.15) is 5.82 Å². The van der Waals surface area contributed by atoms with Crippen LogP contribution in [0, 0.1) is 0 Å². The van der Waals surface area contributed by atoms with Gasteiger partial charge in [-0.1, -0.05) is 12.1 Å². The Bertz CT molecular complexity index is 1260. The van der Waals surface area contributed by atoms with E-state index in [2.05, 4.69) is 21.4 Å². The Morgan fingerprint density at radius 3 is 2.63 bits per heavy atom. The molecule has 0 aliphatic carbocycles. The summed E-state index contributed by atoms with van der Waals surface area (Å²) in [5.41, 5.74) is 4.81. The summed E-state index contributed by atoms with van der Waals surface area (Å²) < 4.78 is 2.00. The highest BCUT2D eigenvalue weighted by Gasteiger charge is 2.10. The highest BCUT2D eigenvalue weighted by molar-refractivity contribution is 5.93. The lowest BCUT2D eigenvalue weighted by molar-refractivity contribution is 0.948. The third-order valence-electron chi connectivity index (χ3n) is 4.53. The molecule has 0 unspecified atom stereocenters. The van der Waals surface area contributed by atoms with Crippen molar-refractivity contribution in [2.75, 3.05) is 5.32 Å². The predicted octanol–water partition coefficient (Wildman–Crippen LogP) is 4.32. The van der Waals surface area contributed by atoms with Crippen molar-refractivity contribution in [1.82, 2.24) is 24.5 Å². The lowest BCUT2D eigenvalue weighted by Gasteiger charge is -2.11. The second-order valence-corrected chi connectivity index (χ2v) is 6.33. The Morgan fingerprint density at radius 2 is 1.74 bits per heavy atom. The van der Waals surface area contributed by atoms with Gasteiger partial charge in [0.2, 0.25) is 0 Å². The molecule has 0 spiro atoms. The number of imidazole rings is 1. The van der Waals surface area contributed by atoms with Gasteiger partial charge >= 0.3 is 0 Å². The fraction of sp³-hybridized carbons (Fsp3) is 0.0476. The van der Waals surface area contributed by atoms with Crippen LogP contribution in [-0.2, 0) is 7.05 Å². The first kappa shape index (κ1) is 15.5. The topological polar surface area (TPSA) is 68.5 Å². The first-order chi connectivity index (χ1) is 13.3.